The van der Waals surface area contributed by atoms with Crippen LogP contribution in [-0.4, -0.2) is 5.78 Å². The van der Waals surface area contributed by atoms with Crippen molar-refractivity contribution in [3.63, 3.8) is 0 Å². The second kappa shape index (κ2) is 11.7. The number of hydrogen-bond acceptors (Lipinski definition) is 5. The molecule has 0 amide bonds. The monoisotopic (exact) mass is 657 g/mol. The second-order valence-corrected chi connectivity index (χ2v) is 13.0. The Labute approximate surface area is 268 Å². The molecule has 0 radical (unpaired) electrons. The average molecular weight is 659 g/mol. The van der Waals surface area contributed by atoms with Gasteiger partial charge in [-0.15, -0.1) is 0 Å². The van der Waals surface area contributed by atoms with E-state index in [9.17, 15) is 27.6 Å². The van der Waals surface area contributed by atoms with Gasteiger partial charge in [0.1, 0.15) is 24.0 Å². The van der Waals surface area contributed by atoms with Gasteiger partial charge in [-0.3, -0.25) is 9.69 Å². The first-order valence-electron chi connectivity index (χ1n) is 14.0. The quantitative estimate of drug-likeness (QED) is 0.277. The number of aryl methyl sites for hydroxylation is 1. The zero-order valence-electron chi connectivity index (χ0n) is 24.9. The summed E-state index contributed by atoms with van der Waals surface area (Å²) in [6.07, 6.45) is -4.21. The maximum absolute atomic E-state index is 14.0. The van der Waals surface area contributed by atoms with E-state index in [4.69, 9.17) is 33.7 Å². The number of ether oxygens (including phenoxy) is 1. The standard InChI is InChI=1S/C34H29Cl2F4N3O2/c1-17-9-19(16-45-29-8-6-21(37)12-25(29)36)18(2)22(10-17)30-23(15-41)32(42)43(27-13-33(3,4)14-28(44)31(27)30)26-11-20(34(38,39)40)5-7-24(26)35/h5-12,30H,13-14,16,42H2,1-4H3. The van der Waals surface area contributed by atoms with Gasteiger partial charge in [-0.05, 0) is 78.8 Å². The summed E-state index contributed by atoms with van der Waals surface area (Å²) in [4.78, 5) is 15.3. The second-order valence-electron chi connectivity index (χ2n) is 12.1. The third-order valence-corrected chi connectivity index (χ3v) is 8.80. The molecule has 1 unspecified atom stereocenters. The van der Waals surface area contributed by atoms with E-state index in [2.05, 4.69) is 6.07 Å². The molecule has 2 N–H and O–H groups in total. The molecule has 45 heavy (non-hydrogen) atoms. The Hall–Kier alpha value is -4.00. The highest BCUT2D eigenvalue weighted by molar-refractivity contribution is 6.33. The van der Waals surface area contributed by atoms with E-state index in [1.807, 2.05) is 39.8 Å². The van der Waals surface area contributed by atoms with Crippen molar-refractivity contribution >= 4 is 34.7 Å². The van der Waals surface area contributed by atoms with Crippen LogP contribution in [0.4, 0.5) is 23.2 Å². The smallest absolute Gasteiger partial charge is 0.416 e. The summed E-state index contributed by atoms with van der Waals surface area (Å²) in [5.41, 5.74) is 8.71. The van der Waals surface area contributed by atoms with Crippen molar-refractivity contribution in [1.82, 2.24) is 0 Å². The molecule has 234 valence electrons. The molecule has 1 aliphatic heterocycles. The fourth-order valence-electron chi connectivity index (χ4n) is 6.12. The number of anilines is 1. The Morgan fingerprint density at radius 3 is 2.42 bits per heavy atom. The normalized spacial score (nSPS) is 18.2. The Kier molecular flexibility index (Phi) is 8.45. The molecular formula is C34H29Cl2F4N3O2. The van der Waals surface area contributed by atoms with E-state index in [1.54, 1.807) is 0 Å². The van der Waals surface area contributed by atoms with Gasteiger partial charge in [0, 0.05) is 17.7 Å². The summed E-state index contributed by atoms with van der Waals surface area (Å²) < 4.78 is 60.8. The molecule has 0 aromatic heterocycles. The minimum Gasteiger partial charge on any atom is -0.487 e. The highest BCUT2D eigenvalue weighted by atomic mass is 35.5. The number of rotatable bonds is 5. The maximum Gasteiger partial charge on any atom is 0.416 e. The Balaban J connectivity index is 1.70. The lowest BCUT2D eigenvalue weighted by Crippen LogP contribution is -2.42. The summed E-state index contributed by atoms with van der Waals surface area (Å²) in [5.74, 6) is -1.45. The van der Waals surface area contributed by atoms with E-state index >= 15 is 0 Å². The Morgan fingerprint density at radius 1 is 1.07 bits per heavy atom. The molecule has 0 fully saturated rings. The molecule has 0 spiro atoms. The molecule has 0 bridgehead atoms. The van der Waals surface area contributed by atoms with Crippen molar-refractivity contribution < 1.29 is 27.1 Å². The van der Waals surface area contributed by atoms with Crippen molar-refractivity contribution in [2.45, 2.75) is 59.2 Å². The molecule has 1 atom stereocenters. The lowest BCUT2D eigenvalue weighted by molar-refractivity contribution is -0.137. The largest absolute Gasteiger partial charge is 0.487 e. The minimum absolute atomic E-state index is 0.0115. The highest BCUT2D eigenvalue weighted by Crippen LogP contribution is 2.52. The highest BCUT2D eigenvalue weighted by Gasteiger charge is 2.46. The van der Waals surface area contributed by atoms with Crippen LogP contribution in [-0.2, 0) is 17.6 Å². The molecule has 3 aromatic rings. The molecule has 2 aliphatic rings. The first kappa shape index (κ1) is 32.4. The molecule has 5 nitrogen and oxygen atoms in total. The predicted molar refractivity (Wildman–Crippen MR) is 165 cm³/mol. The number of hydrogen-bond donors (Lipinski definition) is 1. The fourth-order valence-corrected chi connectivity index (χ4v) is 6.54. The van der Waals surface area contributed by atoms with Crippen molar-refractivity contribution in [3.05, 3.63) is 115 Å². The summed E-state index contributed by atoms with van der Waals surface area (Å²) in [5, 5.41) is 10.6. The van der Waals surface area contributed by atoms with Crippen molar-refractivity contribution in [2.24, 2.45) is 11.1 Å². The number of nitriles is 1. The number of alkyl halides is 3. The van der Waals surface area contributed by atoms with Crippen LogP contribution in [0.2, 0.25) is 10.0 Å². The third-order valence-electron chi connectivity index (χ3n) is 8.18. The van der Waals surface area contributed by atoms with Crippen LogP contribution in [0.15, 0.2) is 71.2 Å². The topological polar surface area (TPSA) is 79.3 Å². The fraction of sp³-hybridized carbons (Fsp3) is 0.294. The van der Waals surface area contributed by atoms with Crippen LogP contribution in [0.1, 0.15) is 60.4 Å². The number of benzene rings is 3. The zero-order chi connectivity index (χ0) is 33.0. The first-order valence-corrected chi connectivity index (χ1v) is 14.8. The van der Waals surface area contributed by atoms with E-state index in [0.717, 1.165) is 41.0 Å². The molecular weight excluding hydrogens is 629 g/mol. The van der Waals surface area contributed by atoms with E-state index < -0.39 is 28.9 Å². The number of carbonyl (C=O) groups excluding carboxylic acids is 1. The summed E-state index contributed by atoms with van der Waals surface area (Å²) >= 11 is 12.6. The van der Waals surface area contributed by atoms with Gasteiger partial charge in [0.05, 0.1) is 38.9 Å². The Morgan fingerprint density at radius 2 is 1.78 bits per heavy atom. The van der Waals surface area contributed by atoms with Gasteiger partial charge in [0.2, 0.25) is 0 Å². The first-order chi connectivity index (χ1) is 21.0. The number of nitrogens with zero attached hydrogens (tertiary/aromatic N) is 2. The van der Waals surface area contributed by atoms with Gasteiger partial charge in [0.15, 0.2) is 5.78 Å². The van der Waals surface area contributed by atoms with Gasteiger partial charge in [-0.2, -0.15) is 18.4 Å². The lowest BCUT2D eigenvalue weighted by atomic mass is 9.68. The van der Waals surface area contributed by atoms with Crippen molar-refractivity contribution in [1.29, 1.82) is 5.26 Å². The third kappa shape index (κ3) is 6.14. The van der Waals surface area contributed by atoms with Gasteiger partial charge in [-0.1, -0.05) is 54.7 Å². The Bertz CT molecular complexity index is 1840. The van der Waals surface area contributed by atoms with Gasteiger partial charge in [-0.25, -0.2) is 4.39 Å². The number of allylic oxidation sites excluding steroid dienone is 3. The van der Waals surface area contributed by atoms with Crippen molar-refractivity contribution in [2.75, 3.05) is 4.90 Å². The summed E-state index contributed by atoms with van der Waals surface area (Å²) in [7, 11) is 0. The molecule has 3 aromatic carbocycles. The summed E-state index contributed by atoms with van der Waals surface area (Å²) in [6, 6.07) is 12.6. The summed E-state index contributed by atoms with van der Waals surface area (Å²) in [6.45, 7) is 7.53. The minimum atomic E-state index is -4.66. The number of ketones is 1. The molecule has 1 aliphatic carbocycles. The SMILES string of the molecule is Cc1cc(COc2ccc(F)cc2Cl)c(C)c(C2C(C#N)=C(N)N(c3cc(C(F)(F)F)ccc3Cl)C3=C2C(=O)CC(C)(C)C3)c1. The predicted octanol–water partition coefficient (Wildman–Crippen LogP) is 9.29. The van der Waals surface area contributed by atoms with Crippen LogP contribution in [0.3, 0.4) is 0 Å². The molecule has 1 heterocycles. The van der Waals surface area contributed by atoms with Gasteiger partial charge in [0.25, 0.3) is 0 Å². The van der Waals surface area contributed by atoms with Crippen LogP contribution < -0.4 is 15.4 Å². The van der Waals surface area contributed by atoms with Crippen LogP contribution >= 0.6 is 23.2 Å². The number of halogens is 6. The van der Waals surface area contributed by atoms with Crippen LogP contribution in [0, 0.1) is 36.4 Å². The molecule has 0 saturated carbocycles. The lowest BCUT2D eigenvalue weighted by Gasteiger charge is -2.44. The van der Waals surface area contributed by atoms with Gasteiger partial charge >= 0.3 is 6.18 Å². The van der Waals surface area contributed by atoms with E-state index in [1.165, 1.54) is 17.0 Å². The molecule has 5 rings (SSSR count). The molecule has 0 saturated heterocycles. The van der Waals surface area contributed by atoms with Crippen molar-refractivity contribution in [3.8, 4) is 11.8 Å². The van der Waals surface area contributed by atoms with Gasteiger partial charge < -0.3 is 10.5 Å². The van der Waals surface area contributed by atoms with Crippen LogP contribution in [0.25, 0.3) is 0 Å². The van der Waals surface area contributed by atoms with E-state index in [-0.39, 0.29) is 57.3 Å². The average Bonchev–Trinajstić information content (AvgIpc) is 2.93. The zero-order valence-corrected chi connectivity index (χ0v) is 26.4. The number of nitrogens with two attached hydrogens (primary N) is 1. The van der Waals surface area contributed by atoms with Crippen LogP contribution in [0.5, 0.6) is 5.75 Å². The number of carbonyl (C=O) groups is 1. The number of Topliss-reactive ketones (excluding diaryl/α,β-unsaturated/α-hetero) is 1. The van der Waals surface area contributed by atoms with E-state index in [0.29, 0.717) is 17.7 Å². The maximum atomic E-state index is 14.0. The molecule has 11 heteroatoms.